The van der Waals surface area contributed by atoms with Gasteiger partial charge in [0.2, 0.25) is 0 Å². The average molecular weight is 1560 g/mol. The summed E-state index contributed by atoms with van der Waals surface area (Å²) < 4.78 is 131. The molecule has 0 aliphatic carbocycles. The van der Waals surface area contributed by atoms with Crippen molar-refractivity contribution in [3.63, 3.8) is 0 Å². The third kappa shape index (κ3) is 22.7. The number of methoxy groups -OCH3 is 18. The molecule has 2 heterocycles. The van der Waals surface area contributed by atoms with Gasteiger partial charge < -0.3 is 124 Å². The molecule has 2 aliphatic heterocycles. The van der Waals surface area contributed by atoms with E-state index in [4.69, 9.17) is 114 Å². The van der Waals surface area contributed by atoms with E-state index in [1.54, 1.807) is 159 Å². The monoisotopic (exact) mass is 1560 g/mol. The summed E-state index contributed by atoms with van der Waals surface area (Å²) in [5, 5.41) is 21.4. The van der Waals surface area contributed by atoms with Crippen molar-refractivity contribution in [2.45, 2.75) is 76.2 Å². The topological polar surface area (TPSA) is 296 Å². The predicted molar refractivity (Wildman–Crippen MR) is 414 cm³/mol. The van der Waals surface area contributed by atoms with Crippen LogP contribution in [0.4, 0.5) is 0 Å². The van der Waals surface area contributed by atoms with Gasteiger partial charge in [-0.1, -0.05) is 36.4 Å². The Morgan fingerprint density at radius 2 is 0.732 bits per heavy atom. The van der Waals surface area contributed by atoms with Crippen molar-refractivity contribution in [2.24, 2.45) is 0 Å². The molecule has 2 N–H and O–H groups in total. The van der Waals surface area contributed by atoms with Crippen molar-refractivity contribution in [1.82, 2.24) is 0 Å². The van der Waals surface area contributed by atoms with Gasteiger partial charge in [-0.3, -0.25) is 9.59 Å². The Labute approximate surface area is 653 Å². The van der Waals surface area contributed by atoms with Gasteiger partial charge in [0.05, 0.1) is 120 Å². The molecular weight excluding hydrogens is 1460 g/mol. The number of fused-ring (bicyclic) bond motifs is 2. The van der Waals surface area contributed by atoms with Gasteiger partial charge in [-0.15, -0.1) is 0 Å². The second-order valence-corrected chi connectivity index (χ2v) is 24.4. The summed E-state index contributed by atoms with van der Waals surface area (Å²) in [4.78, 5) is 23.4. The molecule has 0 aromatic heterocycles. The Bertz CT molecular complexity index is 4240. The summed E-state index contributed by atoms with van der Waals surface area (Å²) >= 11 is 0. The summed E-state index contributed by atoms with van der Waals surface area (Å²) in [7, 11) is 28.2. The lowest BCUT2D eigenvalue weighted by molar-refractivity contribution is -0.153. The van der Waals surface area contributed by atoms with Gasteiger partial charge in [0.15, 0.2) is 71.8 Å². The van der Waals surface area contributed by atoms with Crippen LogP contribution in [0, 0.1) is 0 Å². The minimum Gasteiger partial charge on any atom is -0.496 e. The maximum Gasteiger partial charge on any atom is 0.303 e. The lowest BCUT2D eigenvalue weighted by Crippen LogP contribution is -2.34. The lowest BCUT2D eigenvalue weighted by atomic mass is 9.93. The van der Waals surface area contributed by atoms with E-state index in [9.17, 15) is 19.8 Å². The normalized spacial score (nSPS) is 14.8. The smallest absolute Gasteiger partial charge is 0.303 e. The number of aliphatic hydroxyl groups is 2. The van der Waals surface area contributed by atoms with E-state index >= 15 is 0 Å². The number of benzene rings is 8. The van der Waals surface area contributed by atoms with Gasteiger partial charge in [0, 0.05) is 129 Å². The van der Waals surface area contributed by atoms with E-state index < -0.39 is 36.6 Å². The fourth-order valence-electron chi connectivity index (χ4n) is 12.2. The number of carbonyl (C=O) groups is 2. The molecule has 6 atom stereocenters. The molecule has 8 aromatic carbocycles. The number of esters is 2. The van der Waals surface area contributed by atoms with E-state index in [1.165, 1.54) is 49.4 Å². The number of hydrogen-bond donors (Lipinski definition) is 2. The summed E-state index contributed by atoms with van der Waals surface area (Å²) in [6.07, 6.45) is 1.22. The van der Waals surface area contributed by atoms with Crippen molar-refractivity contribution < 1.29 is 133 Å². The van der Waals surface area contributed by atoms with Crippen LogP contribution in [0.1, 0.15) is 76.7 Å². The van der Waals surface area contributed by atoms with Crippen LogP contribution in [-0.4, -0.2) is 182 Å². The summed E-state index contributed by atoms with van der Waals surface area (Å²) in [5.74, 6) is 11.1. The molecule has 606 valence electrons. The third-order valence-corrected chi connectivity index (χ3v) is 17.7. The molecule has 0 amide bonds. The van der Waals surface area contributed by atoms with Crippen LogP contribution < -0.4 is 94.7 Å². The van der Waals surface area contributed by atoms with Crippen molar-refractivity contribution in [2.75, 3.05) is 142 Å². The van der Waals surface area contributed by atoms with E-state index in [0.29, 0.717) is 145 Å². The second kappa shape index (κ2) is 43.6. The molecule has 0 bridgehead atoms. The Balaban J connectivity index is 0.000000207. The zero-order valence-corrected chi connectivity index (χ0v) is 66.9. The zero-order valence-electron chi connectivity index (χ0n) is 66.9. The fourth-order valence-corrected chi connectivity index (χ4v) is 12.2. The molecule has 0 unspecified atom stereocenters. The third-order valence-electron chi connectivity index (χ3n) is 17.7. The number of aliphatic hydroxyl groups excluding tert-OH is 2. The molecule has 0 fully saturated rings. The molecule has 2 aliphatic rings. The van der Waals surface area contributed by atoms with E-state index in [1.807, 2.05) is 66.7 Å². The van der Waals surface area contributed by atoms with E-state index in [0.717, 1.165) is 33.4 Å². The Hall–Kier alpha value is -11.7. The van der Waals surface area contributed by atoms with Crippen LogP contribution in [0.5, 0.6) is 115 Å². The molecule has 28 heteroatoms. The van der Waals surface area contributed by atoms with Crippen LogP contribution >= 0.6 is 0 Å². The standard InChI is InChI=1S/C21H28O8.2C21H24O7.C21H26O6/c1-24-12-29-19-10-14(25-2)9-18(27-4)15(19)11-16(22)21(23)13-6-7-17(26-3)20(8-13)28-5;2*1-12(22)27-20-11-15-17(25-4)9-14(23-2)10-18(15)28-21(20)13-6-7-16(24-3)19(8-13)26-5;1-22-14-27-20-13-16(23-2)12-19(25-4)17(20)8-6-7-15-9-10-18(24-3)21(11-15)26-5/h6-10,16,21-23H,11-12H2,1-5H3;2*6-10,20-21H,11H2,1-5H3;6-7,9-13H,8,14H2,1-5H3/b;;;7-6+/t16-,21-;20-,21+;20-,21-;/m100./s1. The Morgan fingerprint density at radius 1 is 0.384 bits per heavy atom. The molecule has 10 rings (SSSR count). The summed E-state index contributed by atoms with van der Waals surface area (Å²) in [5.41, 5.74) is 6.23. The Kier molecular flexibility index (Phi) is 34.1. The lowest BCUT2D eigenvalue weighted by Gasteiger charge is -2.34. The fraction of sp³-hybridized carbons (Fsp3) is 0.381. The minimum absolute atomic E-state index is 0.0116. The average Bonchev–Trinajstić information content (AvgIpc) is 0.754. The molecule has 28 nitrogen and oxygen atoms in total. The van der Waals surface area contributed by atoms with Crippen LogP contribution in [-0.2, 0) is 54.2 Å². The summed E-state index contributed by atoms with van der Waals surface area (Å²) in [6.45, 7) is 2.92. The van der Waals surface area contributed by atoms with Gasteiger partial charge >= 0.3 is 11.9 Å². The molecule has 0 saturated carbocycles. The highest BCUT2D eigenvalue weighted by Crippen LogP contribution is 2.48. The number of hydrogen-bond acceptors (Lipinski definition) is 28. The SMILES string of the molecule is COCOc1cc(OC)cc(OC)c1C/C=C/c1ccc(OC)c(OC)c1.COCOc1cc(OC)cc(OC)c1C[C@@H](O)[C@H](O)c1ccc(OC)c(OC)c1.COc1cc(OC)c2c(c1)O[C@@H](c1ccc(OC)c(OC)c1)[C@@H](OC(C)=O)C2.COc1cc(OC)c2c(c1)O[C@H](c1ccc(OC)c(OC)c1)[C@@H](OC(C)=O)C2. The van der Waals surface area contributed by atoms with Gasteiger partial charge in [-0.2, -0.15) is 0 Å². The molecule has 0 saturated heterocycles. The minimum atomic E-state index is -1.17. The maximum atomic E-state index is 11.7. The highest BCUT2D eigenvalue weighted by Gasteiger charge is 2.39. The van der Waals surface area contributed by atoms with Crippen LogP contribution in [0.2, 0.25) is 0 Å². The van der Waals surface area contributed by atoms with Crippen molar-refractivity contribution in [3.8, 4) is 115 Å². The number of carbonyl (C=O) groups excluding carboxylic acids is 2. The number of ether oxygens (including phenoxy) is 24. The highest BCUT2D eigenvalue weighted by molar-refractivity contribution is 5.68. The zero-order chi connectivity index (χ0) is 81.6. The molecular formula is C84H102O28. The van der Waals surface area contributed by atoms with E-state index in [-0.39, 0.29) is 31.9 Å². The van der Waals surface area contributed by atoms with Crippen LogP contribution in [0.15, 0.2) is 127 Å². The highest BCUT2D eigenvalue weighted by atomic mass is 16.7. The maximum absolute atomic E-state index is 11.7. The molecule has 8 aromatic rings. The summed E-state index contributed by atoms with van der Waals surface area (Å²) in [6, 6.07) is 35.9. The first-order chi connectivity index (χ1) is 54.1. The van der Waals surface area contributed by atoms with Gasteiger partial charge in [-0.05, 0) is 66.1 Å². The second-order valence-electron chi connectivity index (χ2n) is 24.4. The molecule has 0 spiro atoms. The first-order valence-electron chi connectivity index (χ1n) is 35.0. The molecule has 0 radical (unpaired) electrons. The first kappa shape index (κ1) is 87.5. The quantitative estimate of drug-likeness (QED) is 0.0285. The Morgan fingerprint density at radius 3 is 1.12 bits per heavy atom. The van der Waals surface area contributed by atoms with E-state index in [2.05, 4.69) is 0 Å². The van der Waals surface area contributed by atoms with Crippen molar-refractivity contribution >= 4 is 18.0 Å². The van der Waals surface area contributed by atoms with Gasteiger partial charge in [0.1, 0.15) is 87.3 Å². The van der Waals surface area contributed by atoms with Crippen molar-refractivity contribution in [1.29, 1.82) is 0 Å². The van der Waals surface area contributed by atoms with Crippen molar-refractivity contribution in [3.05, 3.63) is 172 Å². The van der Waals surface area contributed by atoms with Crippen LogP contribution in [0.25, 0.3) is 6.08 Å². The van der Waals surface area contributed by atoms with Gasteiger partial charge in [0.25, 0.3) is 0 Å². The van der Waals surface area contributed by atoms with Crippen LogP contribution in [0.3, 0.4) is 0 Å². The van der Waals surface area contributed by atoms with Gasteiger partial charge in [-0.25, -0.2) is 0 Å². The number of allylic oxidation sites excluding steroid dienone is 1. The largest absolute Gasteiger partial charge is 0.496 e. The first-order valence-corrected chi connectivity index (χ1v) is 35.0. The molecule has 112 heavy (non-hydrogen) atoms. The predicted octanol–water partition coefficient (Wildman–Crippen LogP) is 13.0. The number of rotatable bonds is 33.